The largest absolute Gasteiger partial charge is 0.417 e. The van der Waals surface area contributed by atoms with Gasteiger partial charge in [0.15, 0.2) is 34.9 Å². The highest BCUT2D eigenvalue weighted by Crippen LogP contribution is 2.58. The lowest BCUT2D eigenvalue weighted by atomic mass is 9.90. The van der Waals surface area contributed by atoms with Gasteiger partial charge in [-0.15, -0.1) is 0 Å². The minimum Gasteiger partial charge on any atom is -0.205 e. The molecule has 0 bridgehead atoms. The molecule has 3 aromatic rings. The smallest absolute Gasteiger partial charge is 0.205 e. The fourth-order valence-corrected chi connectivity index (χ4v) is 5.25. The fourth-order valence-electron chi connectivity index (χ4n) is 5.25. The van der Waals surface area contributed by atoms with Gasteiger partial charge >= 0.3 is 12.4 Å². The Morgan fingerprint density at radius 2 is 0.667 bits per heavy atom. The summed E-state index contributed by atoms with van der Waals surface area (Å²) in [6.07, 6.45) is -11.8. The Bertz CT molecular complexity index is 2570. The third-order valence-corrected chi connectivity index (χ3v) is 7.49. The van der Waals surface area contributed by atoms with Gasteiger partial charge < -0.3 is 0 Å². The van der Waals surface area contributed by atoms with E-state index < -0.39 is 136 Å². The zero-order valence-electron chi connectivity index (χ0n) is 25.3. The van der Waals surface area contributed by atoms with Crippen LogP contribution in [0.15, 0.2) is 28.9 Å². The molecule has 262 valence electrons. The van der Waals surface area contributed by atoms with Crippen LogP contribution in [0.25, 0.3) is 16.7 Å². The van der Waals surface area contributed by atoms with E-state index in [9.17, 15) is 61.4 Å². The molecule has 0 spiro atoms. The number of hydrogen-bond donors (Lipinski definition) is 0. The highest BCUT2D eigenvalue weighted by molar-refractivity contribution is 6.12. The van der Waals surface area contributed by atoms with Crippen molar-refractivity contribution in [3.63, 3.8) is 0 Å². The van der Waals surface area contributed by atoms with Gasteiger partial charge in [-0.3, -0.25) is 0 Å². The van der Waals surface area contributed by atoms with Crippen LogP contribution in [0.3, 0.4) is 0 Å². The maximum Gasteiger partial charge on any atom is 0.417 e. The molecule has 0 N–H and O–H groups in total. The van der Waals surface area contributed by atoms with Crippen molar-refractivity contribution in [3.05, 3.63) is 119 Å². The fraction of sp³-hybridized carbons (Fsp3) is 0.0588. The van der Waals surface area contributed by atoms with Gasteiger partial charge in [0.2, 0.25) is 0 Å². The molecule has 0 aliphatic heterocycles. The van der Waals surface area contributed by atoms with Crippen LogP contribution < -0.4 is 0 Å². The maximum absolute atomic E-state index is 15.6. The molecule has 54 heavy (non-hydrogen) atoms. The Hall–Kier alpha value is -8.04. The second-order valence-electron chi connectivity index (χ2n) is 10.2. The molecule has 0 atom stereocenters. The third-order valence-electron chi connectivity index (χ3n) is 7.49. The Morgan fingerprint density at radius 3 is 0.907 bits per heavy atom. The van der Waals surface area contributed by atoms with E-state index >= 15 is 17.6 Å². The summed E-state index contributed by atoms with van der Waals surface area (Å²) in [4.78, 5) is 0. The summed E-state index contributed by atoms with van der Waals surface area (Å²) < 4.78 is 178. The van der Waals surface area contributed by atoms with Gasteiger partial charge in [-0.05, 0) is 12.1 Å². The number of nitrogens with zero attached hydrogens (tertiary/aromatic N) is 8. The first-order valence-electron chi connectivity index (χ1n) is 13.5. The summed E-state index contributed by atoms with van der Waals surface area (Å²) in [5.74, 6) is -14.2. The molecule has 1 saturated carbocycles. The normalized spacial score (nSPS) is 13.8. The van der Waals surface area contributed by atoms with Crippen molar-refractivity contribution < 1.29 is 52.7 Å². The van der Waals surface area contributed by atoms with Crippen LogP contribution in [0.2, 0.25) is 0 Å². The highest BCUT2D eigenvalue weighted by atomic mass is 19.4. The Balaban J connectivity index is 2.48. The molecule has 1 fully saturated rings. The number of allylic oxidation sites excluding steroid dienone is 6. The van der Waals surface area contributed by atoms with E-state index in [0.29, 0.717) is 0 Å². The quantitative estimate of drug-likeness (QED) is 0.145. The zero-order chi connectivity index (χ0) is 40.8. The molecule has 4 rings (SSSR count). The Labute approximate surface area is 291 Å². The van der Waals surface area contributed by atoms with Crippen LogP contribution in [0.5, 0.6) is 0 Å². The monoisotopic (exact) mass is 750 g/mol. The van der Waals surface area contributed by atoms with Crippen molar-refractivity contribution in [1.82, 2.24) is 0 Å². The molecule has 0 aromatic heterocycles. The van der Waals surface area contributed by atoms with Crippen molar-refractivity contribution >= 4 is 16.7 Å². The topological polar surface area (TPSA) is 190 Å². The van der Waals surface area contributed by atoms with E-state index in [1.54, 1.807) is 0 Å². The minimum absolute atomic E-state index is 0.183. The van der Waals surface area contributed by atoms with Gasteiger partial charge in [-0.25, -0.2) is 26.3 Å². The van der Waals surface area contributed by atoms with Crippen molar-refractivity contribution in [2.75, 3.05) is 0 Å². The first-order valence-corrected chi connectivity index (χ1v) is 13.5. The standard InChI is InChI=1S/C34H2F12N8/c35-27-12(4-48)14(6-50)29(37)31(39)25(27)17(9-53)23-22(24(23)18(10-54)26-28(36)13(5-49)15(7-51)30(38)32(26)40)16(8-52)21-19(33(41,42)43)1-11(3-47)2-20(21)34(44,45)46/h1-2H. The Kier molecular flexibility index (Phi) is 9.75. The number of halogens is 12. The number of rotatable bonds is 3. The minimum atomic E-state index is -5.89. The van der Waals surface area contributed by atoms with Gasteiger partial charge in [-0.1, -0.05) is 0 Å². The highest BCUT2D eigenvalue weighted by Gasteiger charge is 2.49. The van der Waals surface area contributed by atoms with Crippen molar-refractivity contribution in [2.45, 2.75) is 12.4 Å². The summed E-state index contributed by atoms with van der Waals surface area (Å²) in [6, 6.07) is 7.40. The summed E-state index contributed by atoms with van der Waals surface area (Å²) in [5.41, 5.74) is -28.6. The molecular weight excluding hydrogens is 748 g/mol. The summed E-state index contributed by atoms with van der Waals surface area (Å²) in [6.45, 7) is 0. The molecule has 0 heterocycles. The number of nitriles is 8. The van der Waals surface area contributed by atoms with E-state index in [4.69, 9.17) is 15.8 Å². The molecule has 20 heteroatoms. The predicted molar refractivity (Wildman–Crippen MR) is 150 cm³/mol. The van der Waals surface area contributed by atoms with Gasteiger partial charge in [-0.2, -0.15) is 68.4 Å². The molecular formula is C34H2F12N8. The molecule has 0 radical (unpaired) electrons. The van der Waals surface area contributed by atoms with E-state index in [1.807, 2.05) is 0 Å². The van der Waals surface area contributed by atoms with Crippen molar-refractivity contribution in [1.29, 1.82) is 42.1 Å². The van der Waals surface area contributed by atoms with Crippen LogP contribution in [-0.4, -0.2) is 0 Å². The van der Waals surface area contributed by atoms with E-state index in [1.165, 1.54) is 0 Å². The van der Waals surface area contributed by atoms with Gasteiger partial charge in [0.25, 0.3) is 0 Å². The molecule has 1 aliphatic rings. The lowest BCUT2D eigenvalue weighted by Gasteiger charge is -2.19. The summed E-state index contributed by atoms with van der Waals surface area (Å²) >= 11 is 0. The summed E-state index contributed by atoms with van der Waals surface area (Å²) in [7, 11) is 0. The van der Waals surface area contributed by atoms with Gasteiger partial charge in [0.1, 0.15) is 64.7 Å². The molecule has 0 amide bonds. The van der Waals surface area contributed by atoms with Crippen LogP contribution in [0.1, 0.15) is 55.6 Å². The number of benzene rings is 3. The first-order chi connectivity index (χ1) is 25.3. The molecule has 8 nitrogen and oxygen atoms in total. The predicted octanol–water partition coefficient (Wildman–Crippen LogP) is 8.16. The van der Waals surface area contributed by atoms with E-state index in [0.717, 1.165) is 48.6 Å². The van der Waals surface area contributed by atoms with Crippen LogP contribution in [-0.2, 0) is 12.4 Å². The summed E-state index contributed by atoms with van der Waals surface area (Å²) in [5, 5.41) is 76.2. The van der Waals surface area contributed by atoms with Crippen molar-refractivity contribution in [2.24, 2.45) is 0 Å². The number of alkyl halides is 6. The van der Waals surface area contributed by atoms with Gasteiger partial charge in [0.05, 0.1) is 50.6 Å². The molecule has 3 aromatic carbocycles. The Morgan fingerprint density at radius 1 is 0.389 bits per heavy atom. The van der Waals surface area contributed by atoms with E-state index in [-0.39, 0.29) is 12.1 Å². The maximum atomic E-state index is 15.6. The molecule has 0 unspecified atom stereocenters. The third kappa shape index (κ3) is 5.83. The number of hydrogen-bond acceptors (Lipinski definition) is 8. The van der Waals surface area contributed by atoms with Gasteiger partial charge in [0, 0.05) is 22.3 Å². The average Bonchev–Trinajstić information content (AvgIpc) is 3.84. The van der Waals surface area contributed by atoms with Crippen LogP contribution >= 0.6 is 0 Å². The second kappa shape index (κ2) is 13.6. The molecule has 0 saturated heterocycles. The average molecular weight is 750 g/mol. The zero-order valence-corrected chi connectivity index (χ0v) is 25.3. The lowest BCUT2D eigenvalue weighted by Crippen LogP contribution is -2.17. The van der Waals surface area contributed by atoms with Crippen LogP contribution in [0, 0.1) is 126 Å². The van der Waals surface area contributed by atoms with Crippen molar-refractivity contribution in [3.8, 4) is 48.6 Å². The first kappa shape index (κ1) is 38.8. The lowest BCUT2D eigenvalue weighted by molar-refractivity contribution is -0.143. The molecule has 1 aliphatic carbocycles. The van der Waals surface area contributed by atoms with E-state index in [2.05, 4.69) is 0 Å². The van der Waals surface area contributed by atoms with Crippen LogP contribution in [0.4, 0.5) is 52.7 Å². The second-order valence-corrected chi connectivity index (χ2v) is 10.2. The SMILES string of the molecule is N#CC(=C1C(=C(C#N)c2c(F)c(F)c(C#N)c(C#N)c2F)C1=C(C#N)c1c(F)c(F)c(C#N)c(C#N)c1F)c1c(C(F)(F)F)cc(C#N)cc1C(F)(F)F.